The summed E-state index contributed by atoms with van der Waals surface area (Å²) in [5.74, 6) is 3.67. The molecular formula is C38H23O2P. The number of hydrogen-bond acceptors (Lipinski definition) is 2. The summed E-state index contributed by atoms with van der Waals surface area (Å²) >= 11 is 0. The second kappa shape index (κ2) is 8.80. The Labute approximate surface area is 239 Å². The van der Waals surface area contributed by atoms with Gasteiger partial charge in [-0.3, -0.25) is 0 Å². The third-order valence-corrected chi connectivity index (χ3v) is 10.7. The minimum absolute atomic E-state index is 0.883. The molecule has 2 aliphatic heterocycles. The van der Waals surface area contributed by atoms with Crippen LogP contribution in [0.3, 0.4) is 0 Å². The second-order valence-corrected chi connectivity index (χ2v) is 12.6. The van der Waals surface area contributed by atoms with Gasteiger partial charge >= 0.3 is 0 Å². The van der Waals surface area contributed by atoms with Crippen LogP contribution in [-0.2, 0) is 0 Å². The summed E-state index contributed by atoms with van der Waals surface area (Å²) in [5.41, 5.74) is 4.61. The first-order valence-corrected chi connectivity index (χ1v) is 15.2. The molecule has 2 nitrogen and oxygen atoms in total. The van der Waals surface area contributed by atoms with E-state index in [4.69, 9.17) is 9.47 Å². The second-order valence-electron chi connectivity index (χ2n) is 10.5. The lowest BCUT2D eigenvalue weighted by molar-refractivity contribution is 0.469. The van der Waals surface area contributed by atoms with Crippen molar-refractivity contribution in [3.05, 3.63) is 140 Å². The van der Waals surface area contributed by atoms with Crippen LogP contribution >= 0.6 is 7.92 Å². The Bertz CT molecular complexity index is 2000. The molecule has 0 saturated carbocycles. The van der Waals surface area contributed by atoms with E-state index in [-0.39, 0.29) is 0 Å². The molecule has 0 N–H and O–H groups in total. The monoisotopic (exact) mass is 542 g/mol. The quantitative estimate of drug-likeness (QED) is 0.203. The molecule has 0 aromatic heterocycles. The van der Waals surface area contributed by atoms with E-state index >= 15 is 0 Å². The highest BCUT2D eigenvalue weighted by Crippen LogP contribution is 2.57. The fourth-order valence-electron chi connectivity index (χ4n) is 6.43. The molecule has 2 heterocycles. The van der Waals surface area contributed by atoms with Crippen molar-refractivity contribution in [2.24, 2.45) is 0 Å². The van der Waals surface area contributed by atoms with Gasteiger partial charge in [-0.25, -0.2) is 0 Å². The van der Waals surface area contributed by atoms with Crippen molar-refractivity contribution in [1.29, 1.82) is 0 Å². The Morgan fingerprint density at radius 2 is 0.854 bits per heavy atom. The van der Waals surface area contributed by atoms with E-state index in [1.165, 1.54) is 32.2 Å². The number of benzene rings is 7. The van der Waals surface area contributed by atoms with Crippen LogP contribution in [0.2, 0.25) is 0 Å². The molecule has 0 spiro atoms. The van der Waals surface area contributed by atoms with Gasteiger partial charge < -0.3 is 9.47 Å². The Morgan fingerprint density at radius 1 is 0.415 bits per heavy atom. The van der Waals surface area contributed by atoms with Gasteiger partial charge in [0.2, 0.25) is 0 Å². The summed E-state index contributed by atoms with van der Waals surface area (Å²) in [5, 5.41) is 8.45. The molecule has 0 radical (unpaired) electrons. The predicted molar refractivity (Wildman–Crippen MR) is 171 cm³/mol. The van der Waals surface area contributed by atoms with Gasteiger partial charge in [0, 0.05) is 29.7 Å². The van der Waals surface area contributed by atoms with Gasteiger partial charge in [0.25, 0.3) is 0 Å². The van der Waals surface area contributed by atoms with Crippen LogP contribution < -0.4 is 25.4 Å². The van der Waals surface area contributed by atoms with E-state index in [9.17, 15) is 0 Å². The SMILES string of the molecule is c1ccc(-c2c3c(cc4ccccc24)P2c4cc5ccccc5c(-c5ccccc5)c4Oc4cccc(c42)O3)cc1. The van der Waals surface area contributed by atoms with Crippen molar-refractivity contribution < 1.29 is 9.47 Å². The lowest BCUT2D eigenvalue weighted by Crippen LogP contribution is -2.32. The van der Waals surface area contributed by atoms with Crippen molar-refractivity contribution in [2.45, 2.75) is 0 Å². The van der Waals surface area contributed by atoms with Gasteiger partial charge in [0.15, 0.2) is 0 Å². The molecule has 0 aliphatic carbocycles. The lowest BCUT2D eigenvalue weighted by atomic mass is 9.96. The third-order valence-electron chi connectivity index (χ3n) is 8.18. The number of ether oxygens (including phenoxy) is 2. The smallest absolute Gasteiger partial charge is 0.144 e. The first kappa shape index (κ1) is 22.9. The first-order valence-electron chi connectivity index (χ1n) is 13.9. The van der Waals surface area contributed by atoms with E-state index in [1.807, 2.05) is 6.07 Å². The zero-order valence-corrected chi connectivity index (χ0v) is 22.9. The van der Waals surface area contributed by atoms with E-state index in [2.05, 4.69) is 133 Å². The van der Waals surface area contributed by atoms with Crippen molar-refractivity contribution in [3.63, 3.8) is 0 Å². The summed E-state index contributed by atoms with van der Waals surface area (Å²) in [6.07, 6.45) is 0. The molecule has 0 atom stereocenters. The average molecular weight is 543 g/mol. The van der Waals surface area contributed by atoms with Gasteiger partial charge in [-0.1, -0.05) is 115 Å². The maximum atomic E-state index is 6.87. The standard InChI is InChI=1S/C38H23O2P/c1-3-12-24(13-4-1)34-28-18-9-7-16-26(28)22-32-36(34)39-30-20-11-21-31-38(30)41(32)33-23-27-17-8-10-19-29(27)35(37(33)40-31)25-14-5-2-6-15-25/h1-23H. The zero-order chi connectivity index (χ0) is 26.9. The highest BCUT2D eigenvalue weighted by molar-refractivity contribution is 7.80. The minimum Gasteiger partial charge on any atom is -0.455 e. The summed E-state index contributed by atoms with van der Waals surface area (Å²) in [6.45, 7) is 0. The summed E-state index contributed by atoms with van der Waals surface area (Å²) < 4.78 is 13.7. The van der Waals surface area contributed by atoms with Gasteiger partial charge in [-0.05, 0) is 56.9 Å². The van der Waals surface area contributed by atoms with Crippen LogP contribution in [0.4, 0.5) is 0 Å². The summed E-state index contributed by atoms with van der Waals surface area (Å²) in [6, 6.07) is 49.6. The molecule has 0 amide bonds. The summed E-state index contributed by atoms with van der Waals surface area (Å²) in [7, 11) is -0.961. The lowest BCUT2D eigenvalue weighted by Gasteiger charge is -2.37. The molecule has 0 unspecified atom stereocenters. The average Bonchev–Trinajstić information content (AvgIpc) is 3.03. The van der Waals surface area contributed by atoms with Gasteiger partial charge in [-0.2, -0.15) is 0 Å². The number of hydrogen-bond donors (Lipinski definition) is 0. The fraction of sp³-hybridized carbons (Fsp3) is 0. The van der Waals surface area contributed by atoms with Crippen LogP contribution in [0.5, 0.6) is 23.0 Å². The van der Waals surface area contributed by atoms with Crippen LogP contribution in [0.15, 0.2) is 140 Å². The largest absolute Gasteiger partial charge is 0.455 e. The minimum atomic E-state index is -0.961. The number of rotatable bonds is 2. The van der Waals surface area contributed by atoms with E-state index in [0.29, 0.717) is 0 Å². The van der Waals surface area contributed by atoms with Crippen molar-refractivity contribution in [3.8, 4) is 45.3 Å². The molecular weight excluding hydrogens is 519 g/mol. The van der Waals surface area contributed by atoms with Gasteiger partial charge in [-0.15, -0.1) is 0 Å². The van der Waals surface area contributed by atoms with Crippen LogP contribution in [0.25, 0.3) is 43.8 Å². The Morgan fingerprint density at radius 3 is 1.34 bits per heavy atom. The van der Waals surface area contributed by atoms with E-state index in [1.54, 1.807) is 0 Å². The van der Waals surface area contributed by atoms with Gasteiger partial charge in [0.05, 0.1) is 5.30 Å². The van der Waals surface area contributed by atoms with Crippen molar-refractivity contribution >= 4 is 45.4 Å². The van der Waals surface area contributed by atoms with Crippen molar-refractivity contribution in [1.82, 2.24) is 0 Å². The molecule has 3 heteroatoms. The van der Waals surface area contributed by atoms with Crippen LogP contribution in [0.1, 0.15) is 0 Å². The molecule has 7 aromatic carbocycles. The molecule has 0 bridgehead atoms. The highest BCUT2D eigenvalue weighted by Gasteiger charge is 2.40. The zero-order valence-electron chi connectivity index (χ0n) is 22.0. The summed E-state index contributed by atoms with van der Waals surface area (Å²) in [4.78, 5) is 0. The van der Waals surface area contributed by atoms with Gasteiger partial charge in [0.1, 0.15) is 23.0 Å². The third kappa shape index (κ3) is 3.35. The Kier molecular flexibility index (Phi) is 4.90. The molecule has 41 heavy (non-hydrogen) atoms. The molecule has 9 rings (SSSR count). The Balaban J connectivity index is 1.42. The predicted octanol–water partition coefficient (Wildman–Crippen LogP) is 9.30. The Hall–Kier alpha value is -4.91. The first-order chi connectivity index (χ1) is 20.3. The topological polar surface area (TPSA) is 18.5 Å². The molecule has 7 aromatic rings. The highest BCUT2D eigenvalue weighted by atomic mass is 31.1. The van der Waals surface area contributed by atoms with E-state index in [0.717, 1.165) is 50.6 Å². The fourth-order valence-corrected chi connectivity index (χ4v) is 9.11. The maximum absolute atomic E-state index is 6.87. The molecule has 2 aliphatic rings. The maximum Gasteiger partial charge on any atom is 0.144 e. The van der Waals surface area contributed by atoms with Crippen LogP contribution in [-0.4, -0.2) is 0 Å². The van der Waals surface area contributed by atoms with E-state index < -0.39 is 7.92 Å². The molecule has 192 valence electrons. The normalized spacial score (nSPS) is 13.2. The van der Waals surface area contributed by atoms with Crippen LogP contribution in [0, 0.1) is 0 Å². The van der Waals surface area contributed by atoms with Crippen molar-refractivity contribution in [2.75, 3.05) is 0 Å². The number of fused-ring (bicyclic) bond motifs is 6. The molecule has 0 fully saturated rings. The molecule has 0 saturated heterocycles.